The van der Waals surface area contributed by atoms with Crippen molar-refractivity contribution in [3.63, 3.8) is 0 Å². The van der Waals surface area contributed by atoms with Gasteiger partial charge in [0.05, 0.1) is 16.3 Å². The highest BCUT2D eigenvalue weighted by atomic mass is 127. The van der Waals surface area contributed by atoms with Crippen LogP contribution in [0.15, 0.2) is 47.1 Å². The van der Waals surface area contributed by atoms with Gasteiger partial charge in [-0.1, -0.05) is 23.2 Å². The van der Waals surface area contributed by atoms with Gasteiger partial charge in [0.25, 0.3) is 11.8 Å². The Bertz CT molecular complexity index is 1040. The van der Waals surface area contributed by atoms with Crippen molar-refractivity contribution < 1.29 is 22.8 Å². The number of aryl methyl sites for hydroxylation is 1. The van der Waals surface area contributed by atoms with Gasteiger partial charge in [0.15, 0.2) is 0 Å². The molecule has 0 aliphatic carbocycles. The Morgan fingerprint density at radius 1 is 1.04 bits per heavy atom. The molecule has 1 aliphatic heterocycles. The molecule has 0 bridgehead atoms. The fourth-order valence-electron chi connectivity index (χ4n) is 2.59. The normalized spacial score (nSPS) is 14.9. The van der Waals surface area contributed by atoms with E-state index < -0.39 is 28.6 Å². The lowest BCUT2D eigenvalue weighted by molar-refractivity contribution is -0.137. The summed E-state index contributed by atoms with van der Waals surface area (Å²) < 4.78 is 40.0. The first-order valence-corrected chi connectivity index (χ1v) is 9.52. The molecule has 1 heterocycles. The second-order valence-electron chi connectivity index (χ2n) is 5.88. The average molecular weight is 541 g/mol. The van der Waals surface area contributed by atoms with Gasteiger partial charge in [-0.05, 0) is 71.5 Å². The van der Waals surface area contributed by atoms with Gasteiger partial charge < -0.3 is 5.32 Å². The summed E-state index contributed by atoms with van der Waals surface area (Å²) in [4.78, 5) is 25.8. The van der Waals surface area contributed by atoms with Crippen LogP contribution in [0.5, 0.6) is 0 Å². The summed E-state index contributed by atoms with van der Waals surface area (Å²) in [5.41, 5.74) is -0.338. The molecule has 2 amide bonds. The van der Waals surface area contributed by atoms with Gasteiger partial charge in [0.1, 0.15) is 10.7 Å². The SMILES string of the molecule is Cc1cc(I)ccc1NC1=C(Cl)C(=O)N(c2cc(C(F)(F)F)ccc2Cl)C1=O. The van der Waals surface area contributed by atoms with Gasteiger partial charge in [-0.2, -0.15) is 13.2 Å². The van der Waals surface area contributed by atoms with Crippen LogP contribution in [0.2, 0.25) is 5.02 Å². The number of hydrogen-bond donors (Lipinski definition) is 1. The van der Waals surface area contributed by atoms with Crippen LogP contribution in [0.4, 0.5) is 24.5 Å². The summed E-state index contributed by atoms with van der Waals surface area (Å²) >= 11 is 14.1. The summed E-state index contributed by atoms with van der Waals surface area (Å²) in [5, 5.41) is 2.17. The van der Waals surface area contributed by atoms with E-state index in [-0.39, 0.29) is 16.4 Å². The molecule has 2 aromatic carbocycles. The Balaban J connectivity index is 2.00. The van der Waals surface area contributed by atoms with Crippen molar-refractivity contribution in [3.05, 3.63) is 66.8 Å². The molecule has 0 spiro atoms. The number of benzene rings is 2. The monoisotopic (exact) mass is 540 g/mol. The first-order chi connectivity index (χ1) is 13.0. The number of amides is 2. The van der Waals surface area contributed by atoms with E-state index in [1.807, 2.05) is 6.07 Å². The first-order valence-electron chi connectivity index (χ1n) is 7.69. The maximum Gasteiger partial charge on any atom is 0.416 e. The fraction of sp³-hybridized carbons (Fsp3) is 0.111. The lowest BCUT2D eigenvalue weighted by atomic mass is 10.1. The molecule has 0 radical (unpaired) electrons. The van der Waals surface area contributed by atoms with E-state index >= 15 is 0 Å². The van der Waals surface area contributed by atoms with Crippen LogP contribution in [0, 0.1) is 10.5 Å². The highest BCUT2D eigenvalue weighted by molar-refractivity contribution is 14.1. The summed E-state index contributed by atoms with van der Waals surface area (Å²) in [5.74, 6) is -1.85. The van der Waals surface area contributed by atoms with Crippen molar-refractivity contribution in [1.82, 2.24) is 0 Å². The van der Waals surface area contributed by atoms with E-state index in [0.29, 0.717) is 16.7 Å². The van der Waals surface area contributed by atoms with Gasteiger partial charge in [0, 0.05) is 9.26 Å². The molecule has 3 rings (SSSR count). The minimum Gasteiger partial charge on any atom is -0.349 e. The van der Waals surface area contributed by atoms with Crippen molar-refractivity contribution >= 4 is 69.0 Å². The maximum absolute atomic E-state index is 13.0. The first kappa shape index (κ1) is 20.9. The number of alkyl halides is 3. The molecule has 10 heteroatoms. The number of hydrogen-bond acceptors (Lipinski definition) is 3. The van der Waals surface area contributed by atoms with Gasteiger partial charge in [-0.15, -0.1) is 0 Å². The standard InChI is InChI=1S/C18H10Cl2F3IN2O2/c1-8-6-10(24)3-5-12(8)25-15-14(20)16(27)26(17(15)28)13-7-9(18(21,22)23)2-4-11(13)19/h2-7,25H,1H3. The zero-order valence-electron chi connectivity index (χ0n) is 14.0. The summed E-state index contributed by atoms with van der Waals surface area (Å²) in [6.07, 6.45) is -4.66. The third-order valence-corrected chi connectivity index (χ3v) is 5.33. The van der Waals surface area contributed by atoms with Gasteiger partial charge in [-0.25, -0.2) is 4.90 Å². The van der Waals surface area contributed by atoms with Gasteiger partial charge in [0.2, 0.25) is 0 Å². The molecule has 0 aromatic heterocycles. The molecule has 28 heavy (non-hydrogen) atoms. The molecule has 1 N–H and O–H groups in total. The topological polar surface area (TPSA) is 49.4 Å². The van der Waals surface area contributed by atoms with Crippen LogP contribution in [0.1, 0.15) is 11.1 Å². The number of halogens is 6. The lowest BCUT2D eigenvalue weighted by Crippen LogP contribution is -2.32. The minimum atomic E-state index is -4.66. The Labute approximate surface area is 181 Å². The maximum atomic E-state index is 13.0. The number of nitrogens with one attached hydrogen (secondary N) is 1. The minimum absolute atomic E-state index is 0.189. The molecule has 2 aromatic rings. The summed E-state index contributed by atoms with van der Waals surface area (Å²) in [7, 11) is 0. The number of nitrogens with zero attached hydrogens (tertiary/aromatic N) is 1. The van der Waals surface area contributed by atoms with Crippen molar-refractivity contribution in [2.75, 3.05) is 10.2 Å². The third-order valence-electron chi connectivity index (χ3n) is 3.99. The van der Waals surface area contributed by atoms with E-state index in [1.165, 1.54) is 0 Å². The second kappa shape index (κ2) is 7.57. The van der Waals surface area contributed by atoms with Crippen molar-refractivity contribution in [2.24, 2.45) is 0 Å². The van der Waals surface area contributed by atoms with Crippen LogP contribution in [-0.4, -0.2) is 11.8 Å². The summed E-state index contributed by atoms with van der Waals surface area (Å²) in [6.45, 7) is 1.79. The molecule has 4 nitrogen and oxygen atoms in total. The lowest BCUT2D eigenvalue weighted by Gasteiger charge is -2.18. The van der Waals surface area contributed by atoms with Crippen LogP contribution < -0.4 is 10.2 Å². The molecule has 0 unspecified atom stereocenters. The van der Waals surface area contributed by atoms with E-state index in [2.05, 4.69) is 27.9 Å². The molecule has 0 atom stereocenters. The van der Waals surface area contributed by atoms with Gasteiger partial charge >= 0.3 is 6.18 Å². The van der Waals surface area contributed by atoms with Crippen LogP contribution in [-0.2, 0) is 15.8 Å². The van der Waals surface area contributed by atoms with Crippen LogP contribution in [0.3, 0.4) is 0 Å². The Hall–Kier alpha value is -1.78. The van der Waals surface area contributed by atoms with E-state index in [9.17, 15) is 22.8 Å². The average Bonchev–Trinajstić information content (AvgIpc) is 2.80. The third kappa shape index (κ3) is 3.85. The van der Waals surface area contributed by atoms with Crippen LogP contribution in [0.25, 0.3) is 0 Å². The molecular weight excluding hydrogens is 531 g/mol. The van der Waals surface area contributed by atoms with E-state index in [4.69, 9.17) is 23.2 Å². The molecule has 0 fully saturated rings. The Morgan fingerprint density at radius 2 is 1.71 bits per heavy atom. The number of carbonyl (C=O) groups is 2. The van der Waals surface area contributed by atoms with Gasteiger partial charge in [-0.3, -0.25) is 9.59 Å². The van der Waals surface area contributed by atoms with E-state index in [0.717, 1.165) is 21.3 Å². The van der Waals surface area contributed by atoms with Crippen molar-refractivity contribution in [2.45, 2.75) is 13.1 Å². The Morgan fingerprint density at radius 3 is 2.32 bits per heavy atom. The molecule has 146 valence electrons. The highest BCUT2D eigenvalue weighted by Gasteiger charge is 2.41. The zero-order chi connectivity index (χ0) is 20.8. The quantitative estimate of drug-likeness (QED) is 0.401. The smallest absolute Gasteiger partial charge is 0.349 e. The highest BCUT2D eigenvalue weighted by Crippen LogP contribution is 2.39. The molecule has 0 saturated heterocycles. The fourth-order valence-corrected chi connectivity index (χ4v) is 3.65. The Kier molecular flexibility index (Phi) is 5.66. The number of carbonyl (C=O) groups excluding carboxylic acids is 2. The second-order valence-corrected chi connectivity index (χ2v) is 7.91. The molecule has 1 aliphatic rings. The number of imide groups is 1. The predicted molar refractivity (Wildman–Crippen MR) is 109 cm³/mol. The van der Waals surface area contributed by atoms with Crippen LogP contribution >= 0.6 is 45.8 Å². The molecular formula is C18H10Cl2F3IN2O2. The number of rotatable bonds is 3. The number of anilines is 2. The van der Waals surface area contributed by atoms with Crippen molar-refractivity contribution in [1.29, 1.82) is 0 Å². The largest absolute Gasteiger partial charge is 0.416 e. The predicted octanol–water partition coefficient (Wildman–Crippen LogP) is 5.71. The summed E-state index contributed by atoms with van der Waals surface area (Å²) in [6, 6.07) is 7.71. The van der Waals surface area contributed by atoms with Crippen molar-refractivity contribution in [3.8, 4) is 0 Å². The zero-order valence-corrected chi connectivity index (χ0v) is 17.7. The van der Waals surface area contributed by atoms with E-state index in [1.54, 1.807) is 19.1 Å². The molecule has 0 saturated carbocycles.